The van der Waals surface area contributed by atoms with Gasteiger partial charge in [-0.05, 0) is 12.8 Å². The van der Waals surface area contributed by atoms with E-state index in [1.165, 1.54) is 24.4 Å². The lowest BCUT2D eigenvalue weighted by Gasteiger charge is -2.37. The van der Waals surface area contributed by atoms with Gasteiger partial charge in [-0.1, -0.05) is 6.08 Å². The maximum absolute atomic E-state index is 4.28. The Balaban J connectivity index is 2.16. The average molecular weight is 127 g/mol. The van der Waals surface area contributed by atoms with Gasteiger partial charge in [-0.3, -0.25) is 0 Å². The van der Waals surface area contributed by atoms with Gasteiger partial charge in [0.2, 0.25) is 0 Å². The van der Waals surface area contributed by atoms with E-state index in [2.05, 4.69) is 23.6 Å². The molecular formula is C6H9NS. The van der Waals surface area contributed by atoms with Crippen molar-refractivity contribution >= 4 is 12.6 Å². The highest BCUT2D eigenvalue weighted by atomic mass is 32.1. The van der Waals surface area contributed by atoms with E-state index in [-0.39, 0.29) is 0 Å². The van der Waals surface area contributed by atoms with Crippen LogP contribution in [0.1, 0.15) is 12.8 Å². The zero-order valence-electron chi connectivity index (χ0n) is 4.67. The first-order valence-electron chi connectivity index (χ1n) is 3.04. The van der Waals surface area contributed by atoms with Gasteiger partial charge in [-0.25, -0.2) is 0 Å². The molecule has 0 amide bonds. The van der Waals surface area contributed by atoms with Crippen molar-refractivity contribution in [2.45, 2.75) is 18.9 Å². The van der Waals surface area contributed by atoms with Crippen molar-refractivity contribution in [3.63, 3.8) is 0 Å². The van der Waals surface area contributed by atoms with Gasteiger partial charge in [0.15, 0.2) is 0 Å². The molecule has 0 aromatic carbocycles. The Labute approximate surface area is 54.8 Å². The number of nitrogens with zero attached hydrogens (tertiary/aromatic N) is 1. The van der Waals surface area contributed by atoms with E-state index in [4.69, 9.17) is 0 Å². The second kappa shape index (κ2) is 1.44. The second-order valence-corrected chi connectivity index (χ2v) is 2.89. The zero-order chi connectivity index (χ0) is 5.56. The minimum absolute atomic E-state index is 0.836. The molecule has 1 saturated heterocycles. The fraction of sp³-hybridized carbons (Fsp3) is 0.667. The second-order valence-electron chi connectivity index (χ2n) is 2.43. The fourth-order valence-electron chi connectivity index (χ4n) is 1.35. The molecular weight excluding hydrogens is 118 g/mol. The Kier molecular flexibility index (Phi) is 0.852. The highest BCUT2D eigenvalue weighted by Gasteiger charge is 2.31. The molecule has 0 N–H and O–H groups in total. The SMILES string of the molecule is SC1=CCC2CCN12. The average Bonchev–Trinajstić information content (AvgIpc) is 1.80. The Morgan fingerprint density at radius 3 is 2.88 bits per heavy atom. The Morgan fingerprint density at radius 1 is 1.75 bits per heavy atom. The molecule has 44 valence electrons. The number of thiol groups is 1. The van der Waals surface area contributed by atoms with Crippen LogP contribution in [0.25, 0.3) is 0 Å². The predicted octanol–water partition coefficient (Wildman–Crippen LogP) is 1.24. The lowest BCUT2D eigenvalue weighted by atomic mass is 10.1. The third-order valence-corrected chi connectivity index (χ3v) is 2.45. The molecule has 2 rings (SSSR count). The monoisotopic (exact) mass is 127 g/mol. The van der Waals surface area contributed by atoms with E-state index in [0.29, 0.717) is 0 Å². The molecule has 0 radical (unpaired) electrons. The van der Waals surface area contributed by atoms with Gasteiger partial charge < -0.3 is 4.90 Å². The Morgan fingerprint density at radius 2 is 2.62 bits per heavy atom. The molecule has 0 saturated carbocycles. The van der Waals surface area contributed by atoms with Gasteiger partial charge in [0.1, 0.15) is 0 Å². The van der Waals surface area contributed by atoms with Crippen molar-refractivity contribution in [1.29, 1.82) is 0 Å². The molecule has 0 bridgehead atoms. The third-order valence-electron chi connectivity index (χ3n) is 2.01. The van der Waals surface area contributed by atoms with Crippen LogP contribution in [0.5, 0.6) is 0 Å². The number of hydrogen-bond donors (Lipinski definition) is 1. The summed E-state index contributed by atoms with van der Waals surface area (Å²) in [5.41, 5.74) is 0. The maximum atomic E-state index is 4.28. The number of hydrogen-bond acceptors (Lipinski definition) is 2. The van der Waals surface area contributed by atoms with E-state index in [0.717, 1.165) is 6.04 Å². The summed E-state index contributed by atoms with van der Waals surface area (Å²) in [4.78, 5) is 2.35. The minimum atomic E-state index is 0.836. The molecule has 1 fully saturated rings. The van der Waals surface area contributed by atoms with Gasteiger partial charge in [-0.2, -0.15) is 0 Å². The van der Waals surface area contributed by atoms with Crippen LogP contribution in [0.3, 0.4) is 0 Å². The summed E-state index contributed by atoms with van der Waals surface area (Å²) >= 11 is 4.28. The quantitative estimate of drug-likeness (QED) is 0.479. The molecule has 0 spiro atoms. The fourth-order valence-corrected chi connectivity index (χ4v) is 1.71. The summed E-state index contributed by atoms with van der Waals surface area (Å²) in [6.07, 6.45) is 4.82. The molecule has 1 nitrogen and oxygen atoms in total. The Bertz CT molecular complexity index is 141. The molecule has 2 heterocycles. The largest absolute Gasteiger partial charge is 0.363 e. The van der Waals surface area contributed by atoms with Crippen molar-refractivity contribution in [3.05, 3.63) is 11.1 Å². The van der Waals surface area contributed by atoms with Crippen LogP contribution in [0.15, 0.2) is 11.1 Å². The molecule has 1 atom stereocenters. The smallest absolute Gasteiger partial charge is 0.0639 e. The predicted molar refractivity (Wildman–Crippen MR) is 36.8 cm³/mol. The van der Waals surface area contributed by atoms with Gasteiger partial charge in [0, 0.05) is 12.6 Å². The lowest BCUT2D eigenvalue weighted by molar-refractivity contribution is 0.172. The molecule has 2 aliphatic heterocycles. The van der Waals surface area contributed by atoms with Crippen LogP contribution in [-0.2, 0) is 0 Å². The van der Waals surface area contributed by atoms with Crippen molar-refractivity contribution in [2.75, 3.05) is 6.54 Å². The van der Waals surface area contributed by atoms with Crippen LogP contribution in [-0.4, -0.2) is 17.5 Å². The van der Waals surface area contributed by atoms with Crippen LogP contribution < -0.4 is 0 Å². The van der Waals surface area contributed by atoms with E-state index in [1.54, 1.807) is 0 Å². The van der Waals surface area contributed by atoms with Gasteiger partial charge in [0.05, 0.1) is 5.03 Å². The molecule has 2 aliphatic rings. The summed E-state index contributed by atoms with van der Waals surface area (Å²) < 4.78 is 0. The summed E-state index contributed by atoms with van der Waals surface area (Å²) in [5, 5.41) is 1.20. The zero-order valence-corrected chi connectivity index (χ0v) is 5.56. The number of fused-ring (bicyclic) bond motifs is 1. The minimum Gasteiger partial charge on any atom is -0.363 e. The normalized spacial score (nSPS) is 33.9. The lowest BCUT2D eigenvalue weighted by Crippen LogP contribution is -2.41. The molecule has 0 aromatic rings. The van der Waals surface area contributed by atoms with Crippen LogP contribution in [0.2, 0.25) is 0 Å². The van der Waals surface area contributed by atoms with E-state index in [1.807, 2.05) is 0 Å². The summed E-state index contributed by atoms with van der Waals surface area (Å²) in [6.45, 7) is 1.24. The van der Waals surface area contributed by atoms with E-state index in [9.17, 15) is 0 Å². The van der Waals surface area contributed by atoms with Crippen LogP contribution in [0.4, 0.5) is 0 Å². The third kappa shape index (κ3) is 0.440. The molecule has 8 heavy (non-hydrogen) atoms. The Hall–Kier alpha value is -0.110. The van der Waals surface area contributed by atoms with E-state index >= 15 is 0 Å². The van der Waals surface area contributed by atoms with Crippen molar-refractivity contribution in [3.8, 4) is 0 Å². The van der Waals surface area contributed by atoms with Crippen LogP contribution in [0, 0.1) is 0 Å². The number of rotatable bonds is 0. The molecule has 1 unspecified atom stereocenters. The highest BCUT2D eigenvalue weighted by molar-refractivity contribution is 7.84. The maximum Gasteiger partial charge on any atom is 0.0639 e. The van der Waals surface area contributed by atoms with Crippen molar-refractivity contribution in [2.24, 2.45) is 0 Å². The molecule has 0 aromatic heterocycles. The van der Waals surface area contributed by atoms with Crippen molar-refractivity contribution in [1.82, 2.24) is 4.90 Å². The van der Waals surface area contributed by atoms with Gasteiger partial charge in [0.25, 0.3) is 0 Å². The first-order chi connectivity index (χ1) is 3.88. The topological polar surface area (TPSA) is 3.24 Å². The van der Waals surface area contributed by atoms with Crippen molar-refractivity contribution < 1.29 is 0 Å². The standard InChI is InChI=1S/C6H9NS/c8-6-2-1-5-3-4-7(5)6/h2,5,8H,1,3-4H2. The highest BCUT2D eigenvalue weighted by Crippen LogP contribution is 2.33. The van der Waals surface area contributed by atoms with E-state index < -0.39 is 0 Å². The summed E-state index contributed by atoms with van der Waals surface area (Å²) in [5.74, 6) is 0. The first kappa shape index (κ1) is 4.74. The molecule has 0 aliphatic carbocycles. The summed E-state index contributed by atoms with van der Waals surface area (Å²) in [6, 6.07) is 0.836. The van der Waals surface area contributed by atoms with Crippen LogP contribution >= 0.6 is 12.6 Å². The van der Waals surface area contributed by atoms with Gasteiger partial charge in [-0.15, -0.1) is 12.6 Å². The van der Waals surface area contributed by atoms with Gasteiger partial charge >= 0.3 is 0 Å². The molecule has 2 heteroatoms. The summed E-state index contributed by atoms with van der Waals surface area (Å²) in [7, 11) is 0. The first-order valence-corrected chi connectivity index (χ1v) is 3.48.